The Morgan fingerprint density at radius 2 is 2.24 bits per heavy atom. The molecule has 0 fully saturated rings. The van der Waals surface area contributed by atoms with Crippen LogP contribution in [-0.2, 0) is 11.2 Å². The minimum atomic E-state index is -0.496. The van der Waals surface area contributed by atoms with Crippen molar-refractivity contribution >= 4 is 39.2 Å². The second-order valence-corrected chi connectivity index (χ2v) is 7.41. The highest BCUT2D eigenvalue weighted by atomic mass is 35.5. The highest BCUT2D eigenvalue weighted by molar-refractivity contribution is 7.19. The number of fused-ring (bicyclic) bond motifs is 1. The largest absolute Gasteiger partial charge is 0.444 e. The van der Waals surface area contributed by atoms with Crippen LogP contribution in [0.5, 0.6) is 0 Å². The predicted molar refractivity (Wildman–Crippen MR) is 85.0 cm³/mol. The maximum absolute atomic E-state index is 11.7. The molecule has 2 heterocycles. The van der Waals surface area contributed by atoms with E-state index < -0.39 is 11.7 Å². The fourth-order valence-electron chi connectivity index (χ4n) is 1.84. The van der Waals surface area contributed by atoms with Gasteiger partial charge in [-0.25, -0.2) is 4.79 Å². The van der Waals surface area contributed by atoms with Crippen LogP contribution < -0.4 is 5.32 Å². The molecule has 0 aliphatic carbocycles. The summed E-state index contributed by atoms with van der Waals surface area (Å²) in [6.07, 6.45) is 1.82. The predicted octanol–water partition coefficient (Wildman–Crippen LogP) is 3.80. The number of aromatic nitrogens is 2. The van der Waals surface area contributed by atoms with Crippen molar-refractivity contribution < 1.29 is 9.53 Å². The van der Waals surface area contributed by atoms with Gasteiger partial charge in [-0.1, -0.05) is 11.6 Å². The van der Waals surface area contributed by atoms with E-state index in [2.05, 4.69) is 15.5 Å². The molecule has 2 rings (SSSR count). The Bertz CT molecular complexity index is 651. The average Bonchev–Trinajstić information content (AvgIpc) is 2.69. The Kier molecular flexibility index (Phi) is 4.68. The van der Waals surface area contributed by atoms with Crippen LogP contribution in [0.25, 0.3) is 10.2 Å². The normalized spacial score (nSPS) is 13.2. The molecule has 1 N–H and O–H groups in total. The number of nitrogens with one attached hydrogen (secondary N) is 1. The molecule has 0 bridgehead atoms. The zero-order valence-electron chi connectivity index (χ0n) is 12.4. The first-order chi connectivity index (χ1) is 9.74. The van der Waals surface area contributed by atoms with Crippen LogP contribution in [0.1, 0.15) is 32.6 Å². The lowest BCUT2D eigenvalue weighted by atomic mass is 10.2. The summed E-state index contributed by atoms with van der Waals surface area (Å²) in [4.78, 5) is 12.8. The number of alkyl carbamates (subject to hydrolysis) is 1. The number of amides is 1. The molecule has 0 aromatic carbocycles. The van der Waals surface area contributed by atoms with Gasteiger partial charge in [-0.15, -0.1) is 16.4 Å². The Morgan fingerprint density at radius 1 is 1.52 bits per heavy atom. The first-order valence-electron chi connectivity index (χ1n) is 6.64. The summed E-state index contributed by atoms with van der Waals surface area (Å²) in [6, 6.07) is 1.91. The highest BCUT2D eigenvalue weighted by Gasteiger charge is 2.18. The molecule has 0 spiro atoms. The van der Waals surface area contributed by atoms with E-state index in [1.165, 1.54) is 6.20 Å². The Morgan fingerprint density at radius 3 is 2.86 bits per heavy atom. The molecule has 0 unspecified atom stereocenters. The first kappa shape index (κ1) is 16.0. The SMILES string of the molecule is C[C@@H](Cc1cc2nncc(Cl)c2s1)NC(=O)OC(C)(C)C. The van der Waals surface area contributed by atoms with Crippen LogP contribution in [0.2, 0.25) is 5.02 Å². The van der Waals surface area contributed by atoms with Gasteiger partial charge >= 0.3 is 6.09 Å². The molecule has 7 heteroatoms. The zero-order chi connectivity index (χ0) is 15.6. The highest BCUT2D eigenvalue weighted by Crippen LogP contribution is 2.30. The fourth-order valence-corrected chi connectivity index (χ4v) is 3.22. The van der Waals surface area contributed by atoms with Crippen LogP contribution in [0.4, 0.5) is 4.79 Å². The van der Waals surface area contributed by atoms with Crippen LogP contribution in [0, 0.1) is 0 Å². The lowest BCUT2D eigenvalue weighted by Gasteiger charge is -2.21. The van der Waals surface area contributed by atoms with Gasteiger partial charge in [0.05, 0.1) is 15.9 Å². The number of carbonyl (C=O) groups is 1. The molecule has 0 saturated carbocycles. The van der Waals surface area contributed by atoms with E-state index in [9.17, 15) is 4.79 Å². The molecule has 21 heavy (non-hydrogen) atoms. The van der Waals surface area contributed by atoms with Gasteiger partial charge in [-0.2, -0.15) is 5.10 Å². The third-order valence-corrected chi connectivity index (χ3v) is 4.17. The maximum Gasteiger partial charge on any atom is 0.407 e. The van der Waals surface area contributed by atoms with Gasteiger partial charge in [0, 0.05) is 17.3 Å². The number of hydrogen-bond acceptors (Lipinski definition) is 5. The molecule has 5 nitrogen and oxygen atoms in total. The van der Waals surface area contributed by atoms with Gasteiger partial charge in [0.25, 0.3) is 0 Å². The van der Waals surface area contributed by atoms with Gasteiger partial charge in [0.15, 0.2) is 0 Å². The van der Waals surface area contributed by atoms with Gasteiger partial charge < -0.3 is 10.1 Å². The molecule has 0 saturated heterocycles. The topological polar surface area (TPSA) is 64.1 Å². The van der Waals surface area contributed by atoms with Crippen molar-refractivity contribution in [3.05, 3.63) is 22.2 Å². The van der Waals surface area contributed by atoms with Gasteiger partial charge in [0.1, 0.15) is 11.1 Å². The maximum atomic E-state index is 11.7. The van der Waals surface area contributed by atoms with Gasteiger partial charge in [0.2, 0.25) is 0 Å². The number of thiophene rings is 1. The monoisotopic (exact) mass is 327 g/mol. The summed E-state index contributed by atoms with van der Waals surface area (Å²) in [6.45, 7) is 7.44. The molecular formula is C14H18ClN3O2S. The number of carbonyl (C=O) groups excluding carboxylic acids is 1. The third-order valence-electron chi connectivity index (χ3n) is 2.59. The summed E-state index contributed by atoms with van der Waals surface area (Å²) >= 11 is 7.65. The summed E-state index contributed by atoms with van der Waals surface area (Å²) < 4.78 is 6.16. The van der Waals surface area contributed by atoms with Crippen molar-refractivity contribution in [3.8, 4) is 0 Å². The standard InChI is InChI=1S/C14H18ClN3O2S/c1-8(17-13(19)20-14(2,3)4)5-9-6-11-12(21-9)10(15)7-16-18-11/h6-8H,5H2,1-4H3,(H,17,19)/t8-/m0/s1. The molecule has 0 radical (unpaired) electrons. The smallest absolute Gasteiger partial charge is 0.407 e. The van der Waals surface area contributed by atoms with Crippen molar-refractivity contribution in [2.24, 2.45) is 0 Å². The number of ether oxygens (including phenoxy) is 1. The Balaban J connectivity index is 2.00. The number of halogens is 1. The second kappa shape index (κ2) is 6.15. The Hall–Kier alpha value is -1.40. The van der Waals surface area contributed by atoms with Crippen LogP contribution in [0.15, 0.2) is 12.3 Å². The summed E-state index contributed by atoms with van der Waals surface area (Å²) in [5.74, 6) is 0. The van der Waals surface area contributed by atoms with Crippen molar-refractivity contribution in [1.82, 2.24) is 15.5 Å². The fraction of sp³-hybridized carbons (Fsp3) is 0.500. The quantitative estimate of drug-likeness (QED) is 0.931. The molecule has 2 aromatic heterocycles. The van der Waals surface area contributed by atoms with Crippen LogP contribution >= 0.6 is 22.9 Å². The van der Waals surface area contributed by atoms with Crippen molar-refractivity contribution in [3.63, 3.8) is 0 Å². The second-order valence-electron chi connectivity index (χ2n) is 5.87. The molecule has 1 amide bonds. The zero-order valence-corrected chi connectivity index (χ0v) is 14.0. The Labute approximate surface area is 132 Å². The van der Waals surface area contributed by atoms with Crippen molar-refractivity contribution in [2.45, 2.75) is 45.8 Å². The minimum Gasteiger partial charge on any atom is -0.444 e. The van der Waals surface area contributed by atoms with Gasteiger partial charge in [-0.05, 0) is 33.8 Å². The molecule has 0 aliphatic rings. The van der Waals surface area contributed by atoms with E-state index in [1.54, 1.807) is 11.3 Å². The van der Waals surface area contributed by atoms with Crippen molar-refractivity contribution in [2.75, 3.05) is 0 Å². The lowest BCUT2D eigenvalue weighted by molar-refractivity contribution is 0.0509. The number of hydrogen-bond donors (Lipinski definition) is 1. The minimum absolute atomic E-state index is 0.0420. The van der Waals surface area contributed by atoms with E-state index in [4.69, 9.17) is 16.3 Å². The van der Waals surface area contributed by atoms with E-state index in [-0.39, 0.29) is 6.04 Å². The molecule has 0 aliphatic heterocycles. The summed E-state index contributed by atoms with van der Waals surface area (Å²) in [7, 11) is 0. The van der Waals surface area contributed by atoms with E-state index in [0.717, 1.165) is 15.1 Å². The molecular weight excluding hydrogens is 310 g/mol. The molecule has 114 valence electrons. The third kappa shape index (κ3) is 4.54. The number of rotatable bonds is 3. The summed E-state index contributed by atoms with van der Waals surface area (Å²) in [5.41, 5.74) is 0.289. The van der Waals surface area contributed by atoms with Crippen molar-refractivity contribution in [1.29, 1.82) is 0 Å². The van der Waals surface area contributed by atoms with E-state index in [1.807, 2.05) is 33.8 Å². The molecule has 1 atom stereocenters. The average molecular weight is 328 g/mol. The van der Waals surface area contributed by atoms with E-state index >= 15 is 0 Å². The number of nitrogens with zero attached hydrogens (tertiary/aromatic N) is 2. The molecule has 2 aromatic rings. The van der Waals surface area contributed by atoms with E-state index in [0.29, 0.717) is 11.4 Å². The van der Waals surface area contributed by atoms with Gasteiger partial charge in [-0.3, -0.25) is 0 Å². The first-order valence-corrected chi connectivity index (χ1v) is 7.83. The summed E-state index contributed by atoms with van der Waals surface area (Å²) in [5, 5.41) is 11.3. The van der Waals surface area contributed by atoms with Crippen LogP contribution in [-0.4, -0.2) is 27.9 Å². The van der Waals surface area contributed by atoms with Crippen LogP contribution in [0.3, 0.4) is 0 Å². The lowest BCUT2D eigenvalue weighted by Crippen LogP contribution is -2.38.